The molecule has 0 saturated carbocycles. The van der Waals surface area contributed by atoms with Crippen molar-refractivity contribution in [1.29, 1.82) is 0 Å². The Morgan fingerprint density at radius 1 is 1.29 bits per heavy atom. The predicted octanol–water partition coefficient (Wildman–Crippen LogP) is 2.60. The molecule has 1 aromatic heterocycles. The predicted molar refractivity (Wildman–Crippen MR) is 102 cm³/mol. The Morgan fingerprint density at radius 3 is 2.64 bits per heavy atom. The molecule has 3 rings (SSSR count). The van der Waals surface area contributed by atoms with E-state index >= 15 is 0 Å². The van der Waals surface area contributed by atoms with Gasteiger partial charge in [-0.1, -0.05) is 12.1 Å². The molecule has 0 aliphatic carbocycles. The average molecular weight is 403 g/mol. The maximum absolute atomic E-state index is 12.7. The Kier molecular flexibility index (Phi) is 5.41. The molecule has 0 saturated heterocycles. The first-order valence-corrected chi connectivity index (χ1v) is 9.18. The third-order valence-corrected chi connectivity index (χ3v) is 5.60. The van der Waals surface area contributed by atoms with Crippen LogP contribution < -0.4 is 5.32 Å². The lowest BCUT2D eigenvalue weighted by Crippen LogP contribution is -2.33. The number of esters is 1. The molecule has 28 heavy (non-hydrogen) atoms. The number of hydrogen-bond donors (Lipinski definition) is 1. The van der Waals surface area contributed by atoms with Gasteiger partial charge in [0.25, 0.3) is 11.6 Å². The summed E-state index contributed by atoms with van der Waals surface area (Å²) in [5.41, 5.74) is 0.522. The van der Waals surface area contributed by atoms with Gasteiger partial charge in [0.2, 0.25) is 5.91 Å². The van der Waals surface area contributed by atoms with Gasteiger partial charge in [-0.05, 0) is 18.1 Å². The van der Waals surface area contributed by atoms with Crippen molar-refractivity contribution >= 4 is 39.8 Å². The van der Waals surface area contributed by atoms with Gasteiger partial charge in [0.15, 0.2) is 0 Å². The van der Waals surface area contributed by atoms with Gasteiger partial charge in [0.05, 0.1) is 24.1 Å². The van der Waals surface area contributed by atoms with E-state index < -0.39 is 16.8 Å². The molecule has 1 aromatic carbocycles. The molecule has 146 valence electrons. The first-order valence-electron chi connectivity index (χ1n) is 8.36. The molecule has 1 aliphatic rings. The number of hydrogen-bond acceptors (Lipinski definition) is 7. The number of methoxy groups -OCH3 is 1. The summed E-state index contributed by atoms with van der Waals surface area (Å²) in [6.45, 7) is 2.26. The Bertz CT molecular complexity index is 984. The van der Waals surface area contributed by atoms with Crippen molar-refractivity contribution in [3.05, 3.63) is 55.9 Å². The summed E-state index contributed by atoms with van der Waals surface area (Å²) in [6, 6.07) is 5.57. The number of carbonyl (C=O) groups excluding carboxylic acids is 3. The van der Waals surface area contributed by atoms with Crippen LogP contribution >= 0.6 is 11.3 Å². The number of nitrogens with one attached hydrogen (secondary N) is 1. The lowest BCUT2D eigenvalue weighted by molar-refractivity contribution is -0.385. The molecule has 0 fully saturated rings. The molecule has 1 aliphatic heterocycles. The fraction of sp³-hybridized carbons (Fsp3) is 0.278. The van der Waals surface area contributed by atoms with Crippen molar-refractivity contribution in [3.63, 3.8) is 0 Å². The van der Waals surface area contributed by atoms with Crippen LogP contribution in [-0.4, -0.2) is 41.3 Å². The quantitative estimate of drug-likeness (QED) is 0.476. The van der Waals surface area contributed by atoms with Crippen LogP contribution in [0.5, 0.6) is 0 Å². The van der Waals surface area contributed by atoms with Crippen molar-refractivity contribution in [2.45, 2.75) is 19.9 Å². The lowest BCUT2D eigenvalue weighted by atomic mass is 10.0. The highest BCUT2D eigenvalue weighted by Crippen LogP contribution is 2.38. The third kappa shape index (κ3) is 3.58. The molecular formula is C18H17N3O6S. The molecule has 10 heteroatoms. The molecule has 0 bridgehead atoms. The maximum atomic E-state index is 12.7. The Hall–Kier alpha value is -3.27. The molecule has 0 atom stereocenters. The van der Waals surface area contributed by atoms with Gasteiger partial charge < -0.3 is 15.0 Å². The summed E-state index contributed by atoms with van der Waals surface area (Å²) < 4.78 is 4.85. The molecule has 0 radical (unpaired) electrons. The van der Waals surface area contributed by atoms with Gasteiger partial charge in [0, 0.05) is 24.4 Å². The second-order valence-electron chi connectivity index (χ2n) is 6.12. The fourth-order valence-electron chi connectivity index (χ4n) is 3.07. The Labute approximate surface area is 164 Å². The second kappa shape index (κ2) is 7.77. The highest BCUT2D eigenvalue weighted by Gasteiger charge is 2.31. The standard InChI is InChI=1S/C18H17N3O6S/c1-10(22)20-8-7-12-14(9-20)28-17(15(12)18(24)27-2)19-16(23)11-5-3-4-6-13(11)21(25)26/h3-6H,7-9H2,1-2H3,(H,19,23). The normalized spacial score (nSPS) is 12.9. The van der Waals surface area contributed by atoms with E-state index in [4.69, 9.17) is 4.74 Å². The summed E-state index contributed by atoms with van der Waals surface area (Å²) in [4.78, 5) is 49.6. The zero-order chi connectivity index (χ0) is 20.4. The minimum atomic E-state index is -0.695. The van der Waals surface area contributed by atoms with Crippen LogP contribution in [0.4, 0.5) is 10.7 Å². The van der Waals surface area contributed by atoms with Crippen molar-refractivity contribution in [2.24, 2.45) is 0 Å². The van der Waals surface area contributed by atoms with E-state index in [0.29, 0.717) is 19.5 Å². The van der Waals surface area contributed by atoms with Crippen molar-refractivity contribution in [3.8, 4) is 0 Å². The first kappa shape index (κ1) is 19.5. The SMILES string of the molecule is COC(=O)c1c(NC(=O)c2ccccc2[N+](=O)[O-])sc2c1CCN(C(C)=O)C2. The monoisotopic (exact) mass is 403 g/mol. The summed E-state index contributed by atoms with van der Waals surface area (Å²) >= 11 is 1.17. The van der Waals surface area contributed by atoms with E-state index in [2.05, 4.69) is 5.32 Å². The van der Waals surface area contributed by atoms with Gasteiger partial charge in [0.1, 0.15) is 10.6 Å². The molecule has 2 amide bonds. The van der Waals surface area contributed by atoms with Crippen LogP contribution in [-0.2, 0) is 22.5 Å². The van der Waals surface area contributed by atoms with E-state index in [1.54, 1.807) is 4.90 Å². The number of rotatable bonds is 4. The van der Waals surface area contributed by atoms with Crippen LogP contribution in [0.3, 0.4) is 0 Å². The molecule has 2 heterocycles. The van der Waals surface area contributed by atoms with Crippen molar-refractivity contribution < 1.29 is 24.0 Å². The molecule has 1 N–H and O–H groups in total. The van der Waals surface area contributed by atoms with Gasteiger partial charge in [-0.15, -0.1) is 11.3 Å². The van der Waals surface area contributed by atoms with Crippen LogP contribution in [0.2, 0.25) is 0 Å². The molecule has 0 spiro atoms. The van der Waals surface area contributed by atoms with Crippen LogP contribution in [0.25, 0.3) is 0 Å². The largest absolute Gasteiger partial charge is 0.465 e. The van der Waals surface area contributed by atoms with E-state index in [1.807, 2.05) is 0 Å². The second-order valence-corrected chi connectivity index (χ2v) is 7.22. The lowest BCUT2D eigenvalue weighted by Gasteiger charge is -2.25. The van der Waals surface area contributed by atoms with E-state index in [-0.39, 0.29) is 27.7 Å². The summed E-state index contributed by atoms with van der Waals surface area (Å²) in [5.74, 6) is -1.38. The maximum Gasteiger partial charge on any atom is 0.341 e. The number of nitro groups is 1. The Morgan fingerprint density at radius 2 is 2.00 bits per heavy atom. The topological polar surface area (TPSA) is 119 Å². The number of carbonyl (C=O) groups is 3. The molecular weight excluding hydrogens is 386 g/mol. The fourth-order valence-corrected chi connectivity index (χ4v) is 4.32. The number of ether oxygens (including phenoxy) is 1. The zero-order valence-electron chi connectivity index (χ0n) is 15.2. The minimum Gasteiger partial charge on any atom is -0.465 e. The number of amides is 2. The third-order valence-electron chi connectivity index (χ3n) is 4.46. The number of fused-ring (bicyclic) bond motifs is 1. The van der Waals surface area contributed by atoms with Crippen LogP contribution in [0.1, 0.15) is 38.1 Å². The number of nitro benzene ring substituents is 1. The Balaban J connectivity index is 1.98. The highest BCUT2D eigenvalue weighted by atomic mass is 32.1. The van der Waals surface area contributed by atoms with Gasteiger partial charge in [-0.2, -0.15) is 0 Å². The van der Waals surface area contributed by atoms with Crippen LogP contribution in [0, 0.1) is 10.1 Å². The molecule has 2 aromatic rings. The summed E-state index contributed by atoms with van der Waals surface area (Å²) in [6.07, 6.45) is 0.456. The summed E-state index contributed by atoms with van der Waals surface area (Å²) in [7, 11) is 1.24. The van der Waals surface area contributed by atoms with Crippen LogP contribution in [0.15, 0.2) is 24.3 Å². The number of thiophene rings is 1. The first-order chi connectivity index (χ1) is 13.3. The van der Waals surface area contributed by atoms with E-state index in [0.717, 1.165) is 10.4 Å². The minimum absolute atomic E-state index is 0.0795. The van der Waals surface area contributed by atoms with Gasteiger partial charge in [-0.25, -0.2) is 4.79 Å². The number of anilines is 1. The molecule has 9 nitrogen and oxygen atoms in total. The zero-order valence-corrected chi connectivity index (χ0v) is 16.0. The number of nitrogens with zero attached hydrogens (tertiary/aromatic N) is 2. The smallest absolute Gasteiger partial charge is 0.341 e. The van der Waals surface area contributed by atoms with E-state index in [9.17, 15) is 24.5 Å². The summed E-state index contributed by atoms with van der Waals surface area (Å²) in [5, 5.41) is 14.0. The number of para-hydroxylation sites is 1. The van der Waals surface area contributed by atoms with E-state index in [1.165, 1.54) is 49.6 Å². The highest BCUT2D eigenvalue weighted by molar-refractivity contribution is 7.17. The van der Waals surface area contributed by atoms with Gasteiger partial charge in [-0.3, -0.25) is 19.7 Å². The number of benzene rings is 1. The molecule has 0 unspecified atom stereocenters. The van der Waals surface area contributed by atoms with Gasteiger partial charge >= 0.3 is 5.97 Å². The average Bonchev–Trinajstić information content (AvgIpc) is 3.04. The van der Waals surface area contributed by atoms with Crippen molar-refractivity contribution in [2.75, 3.05) is 19.0 Å². The van der Waals surface area contributed by atoms with Crippen molar-refractivity contribution in [1.82, 2.24) is 4.90 Å².